The first-order chi connectivity index (χ1) is 9.61. The van der Waals surface area contributed by atoms with E-state index in [9.17, 15) is 10.1 Å². The van der Waals surface area contributed by atoms with E-state index in [4.69, 9.17) is 5.26 Å². The zero-order valence-electron chi connectivity index (χ0n) is 10.6. The van der Waals surface area contributed by atoms with E-state index in [1.165, 1.54) is 12.3 Å². The smallest absolute Gasteiger partial charge is 0.312 e. The van der Waals surface area contributed by atoms with Crippen LogP contribution in [0.1, 0.15) is 24.2 Å². The number of pyridine rings is 2. The second kappa shape index (κ2) is 5.75. The summed E-state index contributed by atoms with van der Waals surface area (Å²) >= 11 is 0. The largest absolute Gasteiger partial charge is 0.356 e. The first-order valence-corrected chi connectivity index (χ1v) is 5.84. The van der Waals surface area contributed by atoms with Crippen molar-refractivity contribution in [3.8, 4) is 6.07 Å². The van der Waals surface area contributed by atoms with Gasteiger partial charge in [-0.15, -0.1) is 0 Å². The molecular weight excluding hydrogens is 258 g/mol. The van der Waals surface area contributed by atoms with Gasteiger partial charge in [-0.2, -0.15) is 5.26 Å². The molecule has 0 fully saturated rings. The standard InChI is InChI=1S/C13H11N5O2/c1-9(11-4-2-3-5-15-11)17-13-12(18(19)20)6-10(7-14)8-16-13/h2-6,8-9H,1H3,(H,16,17). The van der Waals surface area contributed by atoms with Crippen LogP contribution in [0, 0.1) is 21.4 Å². The number of nitrogens with zero attached hydrogens (tertiary/aromatic N) is 4. The molecule has 1 N–H and O–H groups in total. The summed E-state index contributed by atoms with van der Waals surface area (Å²) in [6.07, 6.45) is 2.94. The van der Waals surface area contributed by atoms with Gasteiger partial charge in [-0.3, -0.25) is 15.1 Å². The van der Waals surface area contributed by atoms with Crippen LogP contribution in [0.3, 0.4) is 0 Å². The summed E-state index contributed by atoms with van der Waals surface area (Å²) in [4.78, 5) is 18.5. The molecule has 0 saturated heterocycles. The van der Waals surface area contributed by atoms with Crippen molar-refractivity contribution in [1.29, 1.82) is 5.26 Å². The van der Waals surface area contributed by atoms with Crippen LogP contribution in [0.25, 0.3) is 0 Å². The van der Waals surface area contributed by atoms with Crippen LogP contribution in [0.2, 0.25) is 0 Å². The lowest BCUT2D eigenvalue weighted by molar-refractivity contribution is -0.384. The van der Waals surface area contributed by atoms with Crippen molar-refractivity contribution in [2.75, 3.05) is 5.32 Å². The minimum atomic E-state index is -0.568. The topological polar surface area (TPSA) is 105 Å². The van der Waals surface area contributed by atoms with Crippen LogP contribution >= 0.6 is 0 Å². The zero-order chi connectivity index (χ0) is 14.5. The number of nitrogens with one attached hydrogen (secondary N) is 1. The molecule has 0 aromatic carbocycles. The molecule has 2 rings (SSSR count). The number of rotatable bonds is 4. The van der Waals surface area contributed by atoms with Gasteiger partial charge in [0.1, 0.15) is 6.07 Å². The van der Waals surface area contributed by atoms with E-state index in [0.29, 0.717) is 0 Å². The van der Waals surface area contributed by atoms with Gasteiger partial charge in [0.2, 0.25) is 5.82 Å². The fourth-order valence-electron chi connectivity index (χ4n) is 1.68. The average Bonchev–Trinajstić information content (AvgIpc) is 2.48. The summed E-state index contributed by atoms with van der Waals surface area (Å²) < 4.78 is 0. The van der Waals surface area contributed by atoms with Gasteiger partial charge >= 0.3 is 5.69 Å². The highest BCUT2D eigenvalue weighted by Crippen LogP contribution is 2.26. The van der Waals surface area contributed by atoms with Gasteiger partial charge in [0.25, 0.3) is 0 Å². The van der Waals surface area contributed by atoms with Gasteiger partial charge in [-0.25, -0.2) is 4.98 Å². The van der Waals surface area contributed by atoms with E-state index in [0.717, 1.165) is 5.69 Å². The molecule has 0 aliphatic rings. The summed E-state index contributed by atoms with van der Waals surface area (Å²) in [7, 11) is 0. The fourth-order valence-corrected chi connectivity index (χ4v) is 1.68. The molecule has 0 amide bonds. The molecule has 2 aromatic rings. The summed E-state index contributed by atoms with van der Waals surface area (Å²) in [6, 6.07) is 8.22. The minimum Gasteiger partial charge on any atom is -0.356 e. The predicted molar refractivity (Wildman–Crippen MR) is 71.9 cm³/mol. The van der Waals surface area contributed by atoms with E-state index < -0.39 is 4.92 Å². The van der Waals surface area contributed by atoms with Crippen molar-refractivity contribution in [2.24, 2.45) is 0 Å². The Balaban J connectivity index is 2.30. The van der Waals surface area contributed by atoms with Crippen LogP contribution in [0.5, 0.6) is 0 Å². The number of aromatic nitrogens is 2. The maximum Gasteiger partial charge on any atom is 0.312 e. The Bertz CT molecular complexity index is 666. The Morgan fingerprint density at radius 2 is 2.25 bits per heavy atom. The summed E-state index contributed by atoms with van der Waals surface area (Å²) in [5, 5.41) is 22.7. The minimum absolute atomic E-state index is 0.118. The zero-order valence-corrected chi connectivity index (χ0v) is 10.6. The molecule has 7 nitrogen and oxygen atoms in total. The molecule has 1 atom stereocenters. The molecule has 0 radical (unpaired) electrons. The lowest BCUT2D eigenvalue weighted by Crippen LogP contribution is -2.11. The Morgan fingerprint density at radius 1 is 1.45 bits per heavy atom. The number of nitriles is 1. The lowest BCUT2D eigenvalue weighted by atomic mass is 10.2. The third-order valence-corrected chi connectivity index (χ3v) is 2.68. The Labute approximate surface area is 115 Å². The second-order valence-corrected chi connectivity index (χ2v) is 4.08. The number of anilines is 1. The van der Waals surface area contributed by atoms with Gasteiger partial charge in [0.15, 0.2) is 0 Å². The van der Waals surface area contributed by atoms with Crippen LogP contribution in [0.4, 0.5) is 11.5 Å². The second-order valence-electron chi connectivity index (χ2n) is 4.08. The number of hydrogen-bond acceptors (Lipinski definition) is 6. The van der Waals surface area contributed by atoms with E-state index in [2.05, 4.69) is 15.3 Å². The molecule has 1 unspecified atom stereocenters. The van der Waals surface area contributed by atoms with E-state index in [1.807, 2.05) is 25.1 Å². The maximum atomic E-state index is 11.0. The van der Waals surface area contributed by atoms with Gasteiger partial charge in [-0.05, 0) is 19.1 Å². The van der Waals surface area contributed by atoms with Crippen LogP contribution in [-0.2, 0) is 0 Å². The average molecular weight is 269 g/mol. The quantitative estimate of drug-likeness (QED) is 0.675. The highest BCUT2D eigenvalue weighted by Gasteiger charge is 2.18. The van der Waals surface area contributed by atoms with Crippen molar-refractivity contribution in [3.63, 3.8) is 0 Å². The van der Waals surface area contributed by atoms with Crippen molar-refractivity contribution in [3.05, 3.63) is 58.0 Å². The third kappa shape index (κ3) is 2.87. The fraction of sp³-hybridized carbons (Fsp3) is 0.154. The van der Waals surface area contributed by atoms with E-state index >= 15 is 0 Å². The normalized spacial score (nSPS) is 11.4. The molecule has 0 aliphatic carbocycles. The Morgan fingerprint density at radius 3 is 2.85 bits per heavy atom. The van der Waals surface area contributed by atoms with Crippen molar-refractivity contribution in [2.45, 2.75) is 13.0 Å². The summed E-state index contributed by atoms with van der Waals surface area (Å²) in [5.41, 5.74) is 0.660. The first-order valence-electron chi connectivity index (χ1n) is 5.84. The summed E-state index contributed by atoms with van der Waals surface area (Å²) in [6.45, 7) is 1.83. The molecule has 0 saturated carbocycles. The Kier molecular flexibility index (Phi) is 3.86. The maximum absolute atomic E-state index is 11.0. The molecule has 20 heavy (non-hydrogen) atoms. The van der Waals surface area contributed by atoms with Gasteiger partial charge in [0, 0.05) is 18.5 Å². The molecule has 0 aliphatic heterocycles. The molecule has 7 heteroatoms. The lowest BCUT2D eigenvalue weighted by Gasteiger charge is -2.13. The third-order valence-electron chi connectivity index (χ3n) is 2.68. The molecule has 2 aromatic heterocycles. The molecule has 0 bridgehead atoms. The monoisotopic (exact) mass is 269 g/mol. The van der Waals surface area contributed by atoms with Gasteiger partial charge in [0.05, 0.1) is 22.2 Å². The molecular formula is C13H11N5O2. The predicted octanol–water partition coefficient (Wildman–Crippen LogP) is 2.43. The molecule has 2 heterocycles. The van der Waals surface area contributed by atoms with Crippen molar-refractivity contribution < 1.29 is 4.92 Å². The summed E-state index contributed by atoms with van der Waals surface area (Å²) in [5.74, 6) is 0.118. The number of hydrogen-bond donors (Lipinski definition) is 1. The van der Waals surface area contributed by atoms with E-state index in [1.54, 1.807) is 12.3 Å². The van der Waals surface area contributed by atoms with E-state index in [-0.39, 0.29) is 23.1 Å². The van der Waals surface area contributed by atoms with Crippen molar-refractivity contribution >= 4 is 11.5 Å². The molecule has 100 valence electrons. The number of nitro groups is 1. The van der Waals surface area contributed by atoms with Crippen molar-refractivity contribution in [1.82, 2.24) is 9.97 Å². The van der Waals surface area contributed by atoms with Crippen LogP contribution in [-0.4, -0.2) is 14.9 Å². The Hall–Kier alpha value is -3.01. The van der Waals surface area contributed by atoms with Gasteiger partial charge in [-0.1, -0.05) is 6.07 Å². The van der Waals surface area contributed by atoms with Crippen LogP contribution < -0.4 is 5.32 Å². The first kappa shape index (κ1) is 13.4. The highest BCUT2D eigenvalue weighted by molar-refractivity contribution is 5.58. The van der Waals surface area contributed by atoms with Gasteiger partial charge < -0.3 is 5.32 Å². The van der Waals surface area contributed by atoms with Crippen LogP contribution in [0.15, 0.2) is 36.7 Å². The SMILES string of the molecule is CC(Nc1ncc(C#N)cc1[N+](=O)[O-])c1ccccn1. The highest BCUT2D eigenvalue weighted by atomic mass is 16.6. The molecule has 0 spiro atoms.